The second kappa shape index (κ2) is 6.64. The molecular weight excluding hydrogens is 272 g/mol. The average molecular weight is 297 g/mol. The highest BCUT2D eigenvalue weighted by molar-refractivity contribution is 8.02. The molecule has 1 rings (SSSR count). The third-order valence-electron chi connectivity index (χ3n) is 3.42. The molecule has 0 saturated carbocycles. The molecule has 0 spiro atoms. The Labute approximate surface area is 122 Å². The molecular formula is C15H24O2SSi. The summed E-state index contributed by atoms with van der Waals surface area (Å²) in [6.07, 6.45) is 0. The summed E-state index contributed by atoms with van der Waals surface area (Å²) in [5, 5.41) is 11.5. The van der Waals surface area contributed by atoms with Crippen molar-refractivity contribution in [3.05, 3.63) is 41.5 Å². The predicted octanol–water partition coefficient (Wildman–Crippen LogP) is 4.63. The highest BCUT2D eigenvalue weighted by atomic mass is 32.2. The molecule has 0 saturated heterocycles. The molecule has 0 unspecified atom stereocenters. The zero-order chi connectivity index (χ0) is 14.5. The molecule has 0 bridgehead atoms. The van der Waals surface area contributed by atoms with Crippen LogP contribution in [0.25, 0.3) is 0 Å². The van der Waals surface area contributed by atoms with Gasteiger partial charge in [-0.15, -0.1) is 0 Å². The summed E-state index contributed by atoms with van der Waals surface area (Å²) < 4.78 is 6.10. The van der Waals surface area contributed by atoms with E-state index < -0.39 is 8.32 Å². The molecule has 1 aromatic carbocycles. The monoisotopic (exact) mass is 296 g/mol. The van der Waals surface area contributed by atoms with Gasteiger partial charge in [-0.1, -0.05) is 50.7 Å². The summed E-state index contributed by atoms with van der Waals surface area (Å²) in [6.45, 7) is 10.9. The van der Waals surface area contributed by atoms with Gasteiger partial charge >= 0.3 is 0 Å². The van der Waals surface area contributed by atoms with Gasteiger partial charge in [-0.3, -0.25) is 0 Å². The molecule has 0 aliphatic heterocycles. The Bertz CT molecular complexity index is 422. The lowest BCUT2D eigenvalue weighted by molar-refractivity contribution is 0.253. The fraction of sp³-hybridized carbons (Fsp3) is 0.467. The van der Waals surface area contributed by atoms with Crippen molar-refractivity contribution in [2.75, 3.05) is 6.61 Å². The summed E-state index contributed by atoms with van der Waals surface area (Å²) in [4.78, 5) is 1.15. The van der Waals surface area contributed by atoms with Crippen molar-refractivity contribution >= 4 is 20.1 Å². The third-order valence-corrected chi connectivity index (χ3v) is 8.73. The first-order chi connectivity index (χ1) is 8.76. The number of benzene rings is 1. The van der Waals surface area contributed by atoms with Gasteiger partial charge in [0.25, 0.3) is 0 Å². The van der Waals surface area contributed by atoms with Gasteiger partial charge in [-0.25, -0.2) is 0 Å². The number of aliphatic hydroxyl groups is 1. The smallest absolute Gasteiger partial charge is 0.250 e. The van der Waals surface area contributed by atoms with Crippen molar-refractivity contribution in [3.8, 4) is 0 Å². The van der Waals surface area contributed by atoms with Crippen molar-refractivity contribution in [2.45, 2.75) is 43.8 Å². The molecule has 0 aliphatic rings. The van der Waals surface area contributed by atoms with Gasteiger partial charge in [0.05, 0.1) is 6.61 Å². The molecule has 0 atom stereocenters. The summed E-state index contributed by atoms with van der Waals surface area (Å²) in [7, 11) is -1.87. The minimum atomic E-state index is -1.87. The van der Waals surface area contributed by atoms with Gasteiger partial charge in [0.15, 0.2) is 0 Å². The van der Waals surface area contributed by atoms with Crippen LogP contribution >= 0.6 is 11.8 Å². The molecule has 1 N–H and O–H groups in total. The molecule has 1 aromatic rings. The largest absolute Gasteiger partial charge is 0.544 e. The number of hydrogen-bond acceptors (Lipinski definition) is 3. The maximum atomic E-state index is 9.45. The van der Waals surface area contributed by atoms with E-state index >= 15 is 0 Å². The molecule has 4 heteroatoms. The van der Waals surface area contributed by atoms with E-state index in [2.05, 4.69) is 33.9 Å². The molecule has 0 fully saturated rings. The van der Waals surface area contributed by atoms with Gasteiger partial charge in [0.1, 0.15) is 5.76 Å². The maximum absolute atomic E-state index is 9.45. The van der Waals surface area contributed by atoms with Crippen LogP contribution in [-0.4, -0.2) is 20.0 Å². The quantitative estimate of drug-likeness (QED) is 0.488. The summed E-state index contributed by atoms with van der Waals surface area (Å²) in [5.41, 5.74) is 0. The minimum Gasteiger partial charge on any atom is -0.544 e. The van der Waals surface area contributed by atoms with Crippen LogP contribution in [0.15, 0.2) is 46.4 Å². The number of hydrogen-bond donors (Lipinski definition) is 1. The number of rotatable bonds is 5. The lowest BCUT2D eigenvalue weighted by Gasteiger charge is -2.37. The zero-order valence-corrected chi connectivity index (χ0v) is 14.3. The van der Waals surface area contributed by atoms with Crippen LogP contribution < -0.4 is 0 Å². The Balaban J connectivity index is 2.74. The summed E-state index contributed by atoms with van der Waals surface area (Å²) in [6, 6.07) is 10.1. The van der Waals surface area contributed by atoms with E-state index in [1.165, 1.54) is 0 Å². The van der Waals surface area contributed by atoms with Gasteiger partial charge < -0.3 is 9.53 Å². The summed E-state index contributed by atoms with van der Waals surface area (Å²) in [5.74, 6) is 0.667. The molecule has 0 radical (unpaired) electrons. The van der Waals surface area contributed by atoms with E-state index in [0.717, 1.165) is 4.90 Å². The molecule has 0 aliphatic carbocycles. The summed E-state index contributed by atoms with van der Waals surface area (Å²) >= 11 is 1.58. The molecule has 106 valence electrons. The molecule has 0 heterocycles. The second-order valence-corrected chi connectivity index (χ2v) is 11.7. The van der Waals surface area contributed by atoms with Crippen LogP contribution in [0.1, 0.15) is 20.8 Å². The molecule has 0 amide bonds. The number of aliphatic hydroxyl groups excluding tert-OH is 1. The predicted molar refractivity (Wildman–Crippen MR) is 85.7 cm³/mol. The van der Waals surface area contributed by atoms with Crippen LogP contribution in [0.4, 0.5) is 0 Å². The third kappa shape index (κ3) is 5.05. The van der Waals surface area contributed by atoms with Crippen LogP contribution in [0.3, 0.4) is 0 Å². The Hall–Kier alpha value is -0.713. The highest BCUT2D eigenvalue weighted by Crippen LogP contribution is 2.38. The molecule has 0 aromatic heterocycles. The van der Waals surface area contributed by atoms with E-state index in [-0.39, 0.29) is 11.6 Å². The van der Waals surface area contributed by atoms with Crippen LogP contribution in [0.5, 0.6) is 0 Å². The van der Waals surface area contributed by atoms with E-state index in [1.54, 1.807) is 11.8 Å². The van der Waals surface area contributed by atoms with Crippen molar-refractivity contribution in [2.24, 2.45) is 0 Å². The Kier molecular flexibility index (Phi) is 5.71. The Morgan fingerprint density at radius 2 is 1.84 bits per heavy atom. The van der Waals surface area contributed by atoms with Crippen molar-refractivity contribution in [1.29, 1.82) is 0 Å². The van der Waals surface area contributed by atoms with Crippen molar-refractivity contribution in [3.63, 3.8) is 0 Å². The first kappa shape index (κ1) is 16.3. The maximum Gasteiger partial charge on any atom is 0.250 e. The van der Waals surface area contributed by atoms with E-state index in [4.69, 9.17) is 4.43 Å². The standard InChI is InChI=1S/C15H24O2SSi/c1-15(2,3)19(4,5)17-13(11-16)12-18-14-9-7-6-8-10-14/h6-10,12,16H,11H2,1-5H3/b13-12-. The van der Waals surface area contributed by atoms with Gasteiger partial charge in [-0.05, 0) is 30.3 Å². The van der Waals surface area contributed by atoms with Crippen LogP contribution in [0.2, 0.25) is 18.1 Å². The minimum absolute atomic E-state index is 0.0493. The SMILES string of the molecule is CC(C)(C)[Si](C)(C)O/C(=C\Sc1ccccc1)CO. The first-order valence-corrected chi connectivity index (χ1v) is 10.3. The average Bonchev–Trinajstić information content (AvgIpc) is 2.34. The van der Waals surface area contributed by atoms with E-state index in [9.17, 15) is 5.11 Å². The van der Waals surface area contributed by atoms with Crippen LogP contribution in [-0.2, 0) is 4.43 Å². The fourth-order valence-electron chi connectivity index (χ4n) is 1.21. The van der Waals surface area contributed by atoms with Gasteiger partial charge in [-0.2, -0.15) is 0 Å². The highest BCUT2D eigenvalue weighted by Gasteiger charge is 2.39. The lowest BCUT2D eigenvalue weighted by Crippen LogP contribution is -2.40. The van der Waals surface area contributed by atoms with Crippen molar-refractivity contribution in [1.82, 2.24) is 0 Å². The Morgan fingerprint density at radius 3 is 2.32 bits per heavy atom. The van der Waals surface area contributed by atoms with Crippen LogP contribution in [0, 0.1) is 0 Å². The van der Waals surface area contributed by atoms with E-state index in [0.29, 0.717) is 5.76 Å². The molecule has 19 heavy (non-hydrogen) atoms. The Morgan fingerprint density at radius 1 is 1.26 bits per heavy atom. The molecule has 2 nitrogen and oxygen atoms in total. The first-order valence-electron chi connectivity index (χ1n) is 6.47. The number of thioether (sulfide) groups is 1. The lowest BCUT2D eigenvalue weighted by atomic mass is 10.2. The zero-order valence-electron chi connectivity index (χ0n) is 12.4. The van der Waals surface area contributed by atoms with Crippen molar-refractivity contribution < 1.29 is 9.53 Å². The normalized spacial score (nSPS) is 13.5. The van der Waals surface area contributed by atoms with E-state index in [1.807, 2.05) is 35.7 Å². The van der Waals surface area contributed by atoms with Gasteiger partial charge in [0, 0.05) is 10.3 Å². The second-order valence-electron chi connectivity index (χ2n) is 6.04. The fourth-order valence-corrected chi connectivity index (χ4v) is 3.08. The van der Waals surface area contributed by atoms with Gasteiger partial charge in [0.2, 0.25) is 8.32 Å². The topological polar surface area (TPSA) is 29.5 Å².